The fourth-order valence-electron chi connectivity index (χ4n) is 2.84. The quantitative estimate of drug-likeness (QED) is 0.514. The van der Waals surface area contributed by atoms with Crippen LogP contribution in [0.1, 0.15) is 12.2 Å². The number of likely N-dealkylation sites (N-methyl/N-ethyl adjacent to an activating group) is 1. The Morgan fingerprint density at radius 3 is 2.59 bits per heavy atom. The molecule has 0 bridgehead atoms. The number of aryl methyl sites for hydroxylation is 1. The number of aromatic nitrogens is 2. The first-order valence-corrected chi connectivity index (χ1v) is 9.75. The lowest BCUT2D eigenvalue weighted by Gasteiger charge is -2.16. The van der Waals surface area contributed by atoms with Crippen molar-refractivity contribution in [3.63, 3.8) is 0 Å². The minimum atomic E-state index is -0.640. The molecule has 0 unspecified atom stereocenters. The van der Waals surface area contributed by atoms with E-state index >= 15 is 0 Å². The van der Waals surface area contributed by atoms with Crippen molar-refractivity contribution in [2.24, 2.45) is 0 Å². The fraction of sp³-hybridized carbons (Fsp3) is 0.227. The molecule has 2 aromatic carbocycles. The lowest BCUT2D eigenvalue weighted by Crippen LogP contribution is -2.37. The monoisotopic (exact) mass is 440 g/mol. The number of hydrogen-bond acceptors (Lipinski definition) is 6. The van der Waals surface area contributed by atoms with Gasteiger partial charge in [-0.2, -0.15) is 0 Å². The van der Waals surface area contributed by atoms with Gasteiger partial charge in [-0.25, -0.2) is 9.37 Å². The van der Waals surface area contributed by atoms with Gasteiger partial charge in [0.25, 0.3) is 11.5 Å². The molecule has 0 aliphatic heterocycles. The van der Waals surface area contributed by atoms with Gasteiger partial charge in [0.15, 0.2) is 6.61 Å². The van der Waals surface area contributed by atoms with Crippen molar-refractivity contribution in [2.75, 3.05) is 25.5 Å². The Bertz CT molecular complexity index is 1190. The van der Waals surface area contributed by atoms with E-state index in [2.05, 4.69) is 15.3 Å². The Hall–Kier alpha value is -4.08. The summed E-state index contributed by atoms with van der Waals surface area (Å²) in [5, 5.41) is 2.99. The van der Waals surface area contributed by atoms with Gasteiger partial charge in [0.2, 0.25) is 5.91 Å². The second-order valence-electron chi connectivity index (χ2n) is 7.00. The normalized spacial score (nSPS) is 10.6. The molecule has 2 amide bonds. The number of halogens is 1. The Morgan fingerprint density at radius 2 is 1.84 bits per heavy atom. The lowest BCUT2D eigenvalue weighted by molar-refractivity contribution is -0.151. The van der Waals surface area contributed by atoms with Crippen LogP contribution in [0.15, 0.2) is 53.3 Å². The third kappa shape index (κ3) is 6.21. The van der Waals surface area contributed by atoms with Gasteiger partial charge in [0.05, 0.1) is 23.9 Å². The molecule has 9 nitrogen and oxygen atoms in total. The minimum Gasteiger partial charge on any atom is -0.456 e. The van der Waals surface area contributed by atoms with Gasteiger partial charge in [0.1, 0.15) is 11.6 Å². The van der Waals surface area contributed by atoms with E-state index in [-0.39, 0.29) is 24.9 Å². The van der Waals surface area contributed by atoms with Crippen LogP contribution >= 0.6 is 0 Å². The number of carbonyl (C=O) groups excluding carboxylic acids is 3. The topological polar surface area (TPSA) is 121 Å². The highest BCUT2D eigenvalue weighted by Crippen LogP contribution is 2.09. The van der Waals surface area contributed by atoms with Crippen molar-refractivity contribution in [1.29, 1.82) is 0 Å². The average Bonchev–Trinajstić information content (AvgIpc) is 2.77. The molecule has 0 aliphatic rings. The number of fused-ring (bicyclic) bond motifs is 1. The second kappa shape index (κ2) is 10.3. The summed E-state index contributed by atoms with van der Waals surface area (Å²) >= 11 is 0. The summed E-state index contributed by atoms with van der Waals surface area (Å²) in [6, 6.07) is 12.0. The first-order valence-electron chi connectivity index (χ1n) is 9.75. The zero-order chi connectivity index (χ0) is 23.1. The zero-order valence-corrected chi connectivity index (χ0v) is 17.3. The van der Waals surface area contributed by atoms with Gasteiger partial charge >= 0.3 is 5.97 Å². The predicted molar refractivity (Wildman–Crippen MR) is 114 cm³/mol. The number of carbonyl (C=O) groups is 3. The summed E-state index contributed by atoms with van der Waals surface area (Å²) in [5.41, 5.74) is 0.619. The number of rotatable bonds is 8. The van der Waals surface area contributed by atoms with E-state index in [0.717, 1.165) is 4.90 Å². The molecule has 3 rings (SSSR count). The van der Waals surface area contributed by atoms with Crippen LogP contribution in [-0.2, 0) is 25.5 Å². The second-order valence-corrected chi connectivity index (χ2v) is 7.00. The van der Waals surface area contributed by atoms with Crippen LogP contribution < -0.4 is 10.9 Å². The maximum absolute atomic E-state index is 12.9. The lowest BCUT2D eigenvalue weighted by atomic mass is 10.2. The summed E-state index contributed by atoms with van der Waals surface area (Å²) < 4.78 is 17.8. The number of para-hydroxylation sites is 1. The van der Waals surface area contributed by atoms with Crippen molar-refractivity contribution in [2.45, 2.75) is 12.8 Å². The summed E-state index contributed by atoms with van der Waals surface area (Å²) in [7, 11) is 1.39. The molecule has 0 aliphatic carbocycles. The largest absolute Gasteiger partial charge is 0.456 e. The van der Waals surface area contributed by atoms with E-state index in [1.165, 1.54) is 31.3 Å². The van der Waals surface area contributed by atoms with Crippen LogP contribution in [0.3, 0.4) is 0 Å². The third-order valence-corrected chi connectivity index (χ3v) is 4.52. The maximum atomic E-state index is 12.9. The Labute approximate surface area is 182 Å². The highest BCUT2D eigenvalue weighted by molar-refractivity contribution is 5.94. The summed E-state index contributed by atoms with van der Waals surface area (Å²) in [4.78, 5) is 56.1. The molecule has 3 aromatic rings. The van der Waals surface area contributed by atoms with Crippen molar-refractivity contribution < 1.29 is 23.5 Å². The first-order chi connectivity index (χ1) is 15.3. The van der Waals surface area contributed by atoms with Crippen LogP contribution in [-0.4, -0.2) is 52.9 Å². The molecule has 2 N–H and O–H groups in total. The predicted octanol–water partition coefficient (Wildman–Crippen LogP) is 1.64. The first kappa shape index (κ1) is 22.6. The summed E-state index contributed by atoms with van der Waals surface area (Å²) in [5.74, 6) is -1.78. The van der Waals surface area contributed by atoms with Crippen LogP contribution in [0, 0.1) is 5.82 Å². The number of amides is 2. The van der Waals surface area contributed by atoms with Crippen LogP contribution in [0.5, 0.6) is 0 Å². The molecule has 10 heteroatoms. The van der Waals surface area contributed by atoms with Crippen molar-refractivity contribution in [3.8, 4) is 0 Å². The Morgan fingerprint density at radius 1 is 1.12 bits per heavy atom. The van der Waals surface area contributed by atoms with E-state index in [1.54, 1.807) is 24.3 Å². The number of hydrogen-bond donors (Lipinski definition) is 2. The van der Waals surface area contributed by atoms with E-state index in [1.807, 2.05) is 0 Å². The number of benzene rings is 2. The highest BCUT2D eigenvalue weighted by Gasteiger charge is 2.16. The summed E-state index contributed by atoms with van der Waals surface area (Å²) in [6.45, 7) is -0.795. The smallest absolute Gasteiger partial charge is 0.306 e. The number of anilines is 1. The zero-order valence-electron chi connectivity index (χ0n) is 17.3. The van der Waals surface area contributed by atoms with Gasteiger partial charge in [-0.05, 0) is 36.4 Å². The van der Waals surface area contributed by atoms with Crippen LogP contribution in [0.4, 0.5) is 10.1 Å². The standard InChI is InChI=1S/C22H21FN4O5/c1-27(12-19(28)24-15-8-6-14(23)7-9-15)20(29)13-32-21(30)11-10-18-25-17-5-3-2-4-16(17)22(31)26-18/h2-9H,10-13H2,1H3,(H,24,28)(H,25,26,31). The molecule has 0 spiro atoms. The van der Waals surface area contributed by atoms with Crippen molar-refractivity contribution in [3.05, 3.63) is 70.5 Å². The highest BCUT2D eigenvalue weighted by atomic mass is 19.1. The van der Waals surface area contributed by atoms with Gasteiger partial charge in [-0.3, -0.25) is 19.2 Å². The SMILES string of the molecule is CN(CC(=O)Nc1ccc(F)cc1)C(=O)COC(=O)CCc1nc2ccccc2c(=O)[nH]1. The molecular formula is C22H21FN4O5. The molecule has 0 saturated heterocycles. The van der Waals surface area contributed by atoms with E-state index in [0.29, 0.717) is 22.4 Å². The van der Waals surface area contributed by atoms with Crippen molar-refractivity contribution >= 4 is 34.4 Å². The third-order valence-electron chi connectivity index (χ3n) is 4.52. The maximum Gasteiger partial charge on any atom is 0.306 e. The van der Waals surface area contributed by atoms with Crippen molar-refractivity contribution in [1.82, 2.24) is 14.9 Å². The number of nitrogens with zero attached hydrogens (tertiary/aromatic N) is 2. The fourth-order valence-corrected chi connectivity index (χ4v) is 2.84. The van der Waals surface area contributed by atoms with E-state index in [9.17, 15) is 23.6 Å². The number of H-pyrrole nitrogens is 1. The molecule has 166 valence electrons. The molecular weight excluding hydrogens is 419 g/mol. The van der Waals surface area contributed by atoms with Gasteiger partial charge in [-0.15, -0.1) is 0 Å². The summed E-state index contributed by atoms with van der Waals surface area (Å²) in [6.07, 6.45) is 0.0618. The Kier molecular flexibility index (Phi) is 7.27. The average molecular weight is 440 g/mol. The van der Waals surface area contributed by atoms with Crippen LogP contribution in [0.25, 0.3) is 10.9 Å². The Balaban J connectivity index is 1.43. The molecule has 0 atom stereocenters. The van der Waals surface area contributed by atoms with Gasteiger partial charge < -0.3 is 19.9 Å². The molecule has 0 radical (unpaired) electrons. The van der Waals surface area contributed by atoms with E-state index < -0.39 is 30.2 Å². The van der Waals surface area contributed by atoms with Crippen LogP contribution in [0.2, 0.25) is 0 Å². The molecule has 0 fully saturated rings. The van der Waals surface area contributed by atoms with Gasteiger partial charge in [-0.1, -0.05) is 12.1 Å². The molecule has 32 heavy (non-hydrogen) atoms. The van der Waals surface area contributed by atoms with E-state index in [4.69, 9.17) is 4.74 Å². The molecule has 1 aromatic heterocycles. The number of nitrogens with one attached hydrogen (secondary N) is 2. The van der Waals surface area contributed by atoms with Gasteiger partial charge in [0, 0.05) is 19.2 Å². The minimum absolute atomic E-state index is 0.0800. The number of ether oxygens (including phenoxy) is 1. The number of aromatic amines is 1. The molecule has 0 saturated carbocycles. The number of esters is 1. The molecule has 1 heterocycles.